The average molecular weight is 255 g/mol. The molecule has 0 aliphatic carbocycles. The van der Waals surface area contributed by atoms with Crippen LogP contribution in [-0.2, 0) is 22.9 Å². The van der Waals surface area contributed by atoms with E-state index in [0.717, 1.165) is 6.26 Å². The van der Waals surface area contributed by atoms with Crippen molar-refractivity contribution >= 4 is 15.7 Å². The second kappa shape index (κ2) is 4.21. The van der Waals surface area contributed by atoms with Gasteiger partial charge in [-0.2, -0.15) is 10.2 Å². The third-order valence-corrected chi connectivity index (χ3v) is 3.39. The van der Waals surface area contributed by atoms with Crippen molar-refractivity contribution < 1.29 is 8.42 Å². The fourth-order valence-corrected chi connectivity index (χ4v) is 2.19. The number of rotatable bonds is 4. The standard InChI is InChI=1S/C9H13N5O2S/c1-17(15,16)8-7-14(12-9(8)10)6-5-13-4-2-3-11-13/h2-4,7H,5-6H2,1H3,(H2,10,12). The monoisotopic (exact) mass is 255 g/mol. The molecule has 0 unspecified atom stereocenters. The van der Waals surface area contributed by atoms with E-state index in [4.69, 9.17) is 5.73 Å². The Kier molecular flexibility index (Phi) is 2.88. The summed E-state index contributed by atoms with van der Waals surface area (Å²) in [5.41, 5.74) is 5.54. The Morgan fingerprint density at radius 1 is 1.35 bits per heavy atom. The molecule has 2 aromatic heterocycles. The van der Waals surface area contributed by atoms with Crippen LogP contribution in [0.4, 0.5) is 5.82 Å². The van der Waals surface area contributed by atoms with E-state index >= 15 is 0 Å². The predicted octanol–water partition coefficient (Wildman–Crippen LogP) is -0.235. The summed E-state index contributed by atoms with van der Waals surface area (Å²) in [4.78, 5) is 0.0676. The van der Waals surface area contributed by atoms with E-state index in [0.29, 0.717) is 13.1 Å². The predicted molar refractivity (Wildman–Crippen MR) is 62.0 cm³/mol. The van der Waals surface area contributed by atoms with Crippen molar-refractivity contribution in [2.24, 2.45) is 0 Å². The quantitative estimate of drug-likeness (QED) is 0.813. The molecule has 2 rings (SSSR count). The van der Waals surface area contributed by atoms with Crippen LogP contribution in [0.2, 0.25) is 0 Å². The van der Waals surface area contributed by atoms with Crippen LogP contribution in [-0.4, -0.2) is 34.2 Å². The first kappa shape index (κ1) is 11.6. The highest BCUT2D eigenvalue weighted by atomic mass is 32.2. The molecule has 0 aromatic carbocycles. The minimum absolute atomic E-state index is 0.0352. The topological polar surface area (TPSA) is 95.8 Å². The van der Waals surface area contributed by atoms with Gasteiger partial charge in [0.05, 0.1) is 13.1 Å². The van der Waals surface area contributed by atoms with Gasteiger partial charge in [-0.05, 0) is 6.07 Å². The van der Waals surface area contributed by atoms with E-state index in [1.807, 2.05) is 12.3 Å². The molecule has 92 valence electrons. The molecule has 2 heterocycles. The number of nitrogen functional groups attached to an aromatic ring is 1. The van der Waals surface area contributed by atoms with Gasteiger partial charge in [-0.1, -0.05) is 0 Å². The zero-order valence-corrected chi connectivity index (χ0v) is 10.1. The van der Waals surface area contributed by atoms with E-state index in [1.54, 1.807) is 10.9 Å². The fraction of sp³-hybridized carbons (Fsp3) is 0.333. The van der Waals surface area contributed by atoms with Crippen LogP contribution < -0.4 is 5.73 Å². The van der Waals surface area contributed by atoms with Crippen LogP contribution in [0, 0.1) is 0 Å². The van der Waals surface area contributed by atoms with Gasteiger partial charge in [0.25, 0.3) is 0 Å². The minimum Gasteiger partial charge on any atom is -0.381 e. The number of aromatic nitrogens is 4. The van der Waals surface area contributed by atoms with E-state index in [2.05, 4.69) is 10.2 Å². The summed E-state index contributed by atoms with van der Waals surface area (Å²) in [5, 5.41) is 7.99. The summed E-state index contributed by atoms with van der Waals surface area (Å²) in [6.45, 7) is 1.12. The second-order valence-electron chi connectivity index (χ2n) is 3.68. The average Bonchev–Trinajstić information content (AvgIpc) is 2.82. The van der Waals surface area contributed by atoms with Crippen LogP contribution in [0.25, 0.3) is 0 Å². The maximum Gasteiger partial charge on any atom is 0.180 e. The molecule has 17 heavy (non-hydrogen) atoms. The van der Waals surface area contributed by atoms with Crippen molar-refractivity contribution in [2.75, 3.05) is 12.0 Å². The highest BCUT2D eigenvalue weighted by Crippen LogP contribution is 2.15. The zero-order chi connectivity index (χ0) is 12.5. The first-order valence-electron chi connectivity index (χ1n) is 4.97. The zero-order valence-electron chi connectivity index (χ0n) is 9.31. The molecule has 0 radical (unpaired) electrons. The molecule has 0 aliphatic heterocycles. The summed E-state index contributed by atoms with van der Waals surface area (Å²) in [7, 11) is -3.32. The molecular formula is C9H13N5O2S. The van der Waals surface area contributed by atoms with Gasteiger partial charge in [0, 0.05) is 24.8 Å². The molecule has 7 nitrogen and oxygen atoms in total. The third-order valence-electron chi connectivity index (χ3n) is 2.27. The van der Waals surface area contributed by atoms with Crippen molar-refractivity contribution in [2.45, 2.75) is 18.0 Å². The molecule has 0 saturated carbocycles. The number of nitrogens with two attached hydrogens (primary N) is 1. The van der Waals surface area contributed by atoms with E-state index < -0.39 is 9.84 Å². The van der Waals surface area contributed by atoms with Crippen LogP contribution >= 0.6 is 0 Å². The molecule has 0 saturated heterocycles. The van der Waals surface area contributed by atoms with E-state index in [9.17, 15) is 8.42 Å². The Morgan fingerprint density at radius 3 is 2.59 bits per heavy atom. The number of hydrogen-bond donors (Lipinski definition) is 1. The molecule has 8 heteroatoms. The van der Waals surface area contributed by atoms with Gasteiger partial charge in [-0.3, -0.25) is 9.36 Å². The van der Waals surface area contributed by atoms with Crippen LogP contribution in [0.5, 0.6) is 0 Å². The lowest BCUT2D eigenvalue weighted by molar-refractivity contribution is 0.500. The fourth-order valence-electron chi connectivity index (χ4n) is 1.46. The summed E-state index contributed by atoms with van der Waals surface area (Å²) in [5.74, 6) is 0.0352. The lowest BCUT2D eigenvalue weighted by atomic mass is 10.6. The molecule has 0 amide bonds. The first-order valence-corrected chi connectivity index (χ1v) is 6.86. The van der Waals surface area contributed by atoms with Gasteiger partial charge < -0.3 is 5.73 Å². The summed E-state index contributed by atoms with van der Waals surface area (Å²) in [6.07, 6.45) is 6.05. The number of sulfone groups is 1. The van der Waals surface area contributed by atoms with E-state index in [1.165, 1.54) is 10.9 Å². The highest BCUT2D eigenvalue weighted by molar-refractivity contribution is 7.90. The highest BCUT2D eigenvalue weighted by Gasteiger charge is 2.15. The Hall–Kier alpha value is -1.83. The lowest BCUT2D eigenvalue weighted by Crippen LogP contribution is -2.08. The number of anilines is 1. The Bertz CT molecular complexity index is 599. The molecule has 0 fully saturated rings. The number of aryl methyl sites for hydroxylation is 2. The van der Waals surface area contributed by atoms with Gasteiger partial charge in [-0.25, -0.2) is 8.42 Å². The smallest absolute Gasteiger partial charge is 0.180 e. The van der Waals surface area contributed by atoms with Crippen molar-refractivity contribution in [3.05, 3.63) is 24.7 Å². The molecular weight excluding hydrogens is 242 g/mol. The van der Waals surface area contributed by atoms with Gasteiger partial charge in [-0.15, -0.1) is 0 Å². The summed E-state index contributed by atoms with van der Waals surface area (Å²) < 4.78 is 25.9. The van der Waals surface area contributed by atoms with Crippen LogP contribution in [0.15, 0.2) is 29.6 Å². The van der Waals surface area contributed by atoms with Crippen molar-refractivity contribution in [1.29, 1.82) is 0 Å². The third kappa shape index (κ3) is 2.64. The van der Waals surface area contributed by atoms with Crippen molar-refractivity contribution in [3.8, 4) is 0 Å². The molecule has 2 N–H and O–H groups in total. The SMILES string of the molecule is CS(=O)(=O)c1cn(CCn2cccn2)nc1N. The number of nitrogens with zero attached hydrogens (tertiary/aromatic N) is 4. The molecule has 2 aromatic rings. The van der Waals surface area contributed by atoms with Crippen LogP contribution in [0.1, 0.15) is 0 Å². The Labute approximate surface area is 98.8 Å². The second-order valence-corrected chi connectivity index (χ2v) is 5.67. The Balaban J connectivity index is 2.13. The first-order chi connectivity index (χ1) is 7.97. The molecule has 0 bridgehead atoms. The number of hydrogen-bond acceptors (Lipinski definition) is 5. The normalized spacial score (nSPS) is 11.8. The van der Waals surface area contributed by atoms with Crippen molar-refractivity contribution in [3.63, 3.8) is 0 Å². The molecule has 0 atom stereocenters. The molecule has 0 spiro atoms. The largest absolute Gasteiger partial charge is 0.381 e. The summed E-state index contributed by atoms with van der Waals surface area (Å²) >= 11 is 0. The van der Waals surface area contributed by atoms with E-state index in [-0.39, 0.29) is 10.7 Å². The molecule has 0 aliphatic rings. The van der Waals surface area contributed by atoms with Crippen LogP contribution in [0.3, 0.4) is 0 Å². The maximum absolute atomic E-state index is 11.3. The van der Waals surface area contributed by atoms with Gasteiger partial charge in [0.1, 0.15) is 4.90 Å². The lowest BCUT2D eigenvalue weighted by Gasteiger charge is -2.01. The van der Waals surface area contributed by atoms with Gasteiger partial charge in [0.15, 0.2) is 15.7 Å². The van der Waals surface area contributed by atoms with Gasteiger partial charge >= 0.3 is 0 Å². The minimum atomic E-state index is -3.32. The summed E-state index contributed by atoms with van der Waals surface area (Å²) in [6, 6.07) is 1.82. The Morgan fingerprint density at radius 2 is 2.06 bits per heavy atom. The van der Waals surface area contributed by atoms with Gasteiger partial charge in [0.2, 0.25) is 0 Å². The van der Waals surface area contributed by atoms with Crippen molar-refractivity contribution in [1.82, 2.24) is 19.6 Å². The maximum atomic E-state index is 11.3.